The Balaban J connectivity index is 2.75. The third-order valence-corrected chi connectivity index (χ3v) is 2.49. The number of aromatic amines is 1. The molecule has 4 nitrogen and oxygen atoms in total. The van der Waals surface area contributed by atoms with E-state index < -0.39 is 41.9 Å². The summed E-state index contributed by atoms with van der Waals surface area (Å²) in [7, 11) is 0. The van der Waals surface area contributed by atoms with Crippen LogP contribution in [-0.4, -0.2) is 29.5 Å². The van der Waals surface area contributed by atoms with Crippen LogP contribution in [0.4, 0.5) is 22.0 Å². The number of hydrogen-bond acceptors (Lipinski definition) is 3. The van der Waals surface area contributed by atoms with Gasteiger partial charge in [0, 0.05) is 12.6 Å². The lowest BCUT2D eigenvalue weighted by molar-refractivity contribution is -0.0885. The molecule has 1 aromatic heterocycles. The SMILES string of the molecule is CC(CCOC(=O)c1[nH]ccc1C(=O)C(F)(F)F)=C(F)F. The van der Waals surface area contributed by atoms with Crippen LogP contribution in [-0.2, 0) is 4.74 Å². The van der Waals surface area contributed by atoms with E-state index in [0.29, 0.717) is 0 Å². The zero-order valence-corrected chi connectivity index (χ0v) is 10.7. The average molecular weight is 311 g/mol. The number of nitrogens with one attached hydrogen (secondary N) is 1. The van der Waals surface area contributed by atoms with Gasteiger partial charge in [0.25, 0.3) is 11.9 Å². The summed E-state index contributed by atoms with van der Waals surface area (Å²) in [5.74, 6) is -3.42. The Morgan fingerprint density at radius 1 is 1.29 bits per heavy atom. The van der Waals surface area contributed by atoms with E-state index in [2.05, 4.69) is 9.72 Å². The van der Waals surface area contributed by atoms with Crippen molar-refractivity contribution in [3.63, 3.8) is 0 Å². The number of rotatable bonds is 5. The van der Waals surface area contributed by atoms with Crippen molar-refractivity contribution in [1.29, 1.82) is 0 Å². The average Bonchev–Trinajstić information content (AvgIpc) is 2.85. The summed E-state index contributed by atoms with van der Waals surface area (Å²) < 4.78 is 65.6. The van der Waals surface area contributed by atoms with Crippen LogP contribution in [0.2, 0.25) is 0 Å². The molecule has 9 heteroatoms. The van der Waals surface area contributed by atoms with Crippen LogP contribution in [0.3, 0.4) is 0 Å². The van der Waals surface area contributed by atoms with E-state index in [1.165, 1.54) is 0 Å². The summed E-state index contributed by atoms with van der Waals surface area (Å²) in [5.41, 5.74) is -1.85. The van der Waals surface area contributed by atoms with Gasteiger partial charge >= 0.3 is 12.1 Å². The first-order chi connectivity index (χ1) is 9.64. The second kappa shape index (κ2) is 6.51. The van der Waals surface area contributed by atoms with Crippen molar-refractivity contribution in [2.45, 2.75) is 19.5 Å². The summed E-state index contributed by atoms with van der Waals surface area (Å²) in [6.45, 7) is 0.678. The van der Waals surface area contributed by atoms with Crippen molar-refractivity contribution in [3.8, 4) is 0 Å². The predicted molar refractivity (Wildman–Crippen MR) is 61.0 cm³/mol. The molecule has 0 aromatic carbocycles. The molecule has 0 spiro atoms. The fraction of sp³-hybridized carbons (Fsp3) is 0.333. The summed E-state index contributed by atoms with van der Waals surface area (Å²) in [5, 5.41) is 0. The van der Waals surface area contributed by atoms with E-state index in [9.17, 15) is 31.5 Å². The molecule has 0 radical (unpaired) electrons. The minimum atomic E-state index is -5.13. The van der Waals surface area contributed by atoms with E-state index in [0.717, 1.165) is 19.2 Å². The molecule has 21 heavy (non-hydrogen) atoms. The van der Waals surface area contributed by atoms with Crippen molar-refractivity contribution in [1.82, 2.24) is 4.98 Å². The van der Waals surface area contributed by atoms with Crippen LogP contribution in [0, 0.1) is 0 Å². The summed E-state index contributed by atoms with van der Waals surface area (Å²) in [6, 6.07) is 0.790. The first kappa shape index (κ1) is 16.9. The molecule has 0 amide bonds. The second-order valence-electron chi connectivity index (χ2n) is 4.02. The quantitative estimate of drug-likeness (QED) is 0.514. The minimum absolute atomic E-state index is 0.267. The zero-order valence-electron chi connectivity index (χ0n) is 10.7. The number of aromatic nitrogens is 1. The smallest absolute Gasteiger partial charge is 0.454 e. The van der Waals surface area contributed by atoms with Crippen LogP contribution in [0.25, 0.3) is 0 Å². The predicted octanol–water partition coefficient (Wildman–Crippen LogP) is 3.48. The van der Waals surface area contributed by atoms with Gasteiger partial charge in [0.05, 0.1) is 12.2 Å². The number of halogens is 5. The Labute approximate surface area is 115 Å². The molecule has 0 aliphatic rings. The molecule has 1 heterocycles. The third kappa shape index (κ3) is 4.40. The van der Waals surface area contributed by atoms with Crippen LogP contribution in [0.5, 0.6) is 0 Å². The number of carbonyl (C=O) groups is 2. The van der Waals surface area contributed by atoms with Gasteiger partial charge in [0.15, 0.2) is 0 Å². The number of ether oxygens (including phenoxy) is 1. The van der Waals surface area contributed by atoms with Crippen molar-refractivity contribution in [3.05, 3.63) is 35.2 Å². The number of carbonyl (C=O) groups excluding carboxylic acids is 2. The molecule has 1 N–H and O–H groups in total. The first-order valence-corrected chi connectivity index (χ1v) is 5.61. The van der Waals surface area contributed by atoms with Gasteiger partial charge in [-0.25, -0.2) is 4.79 Å². The second-order valence-corrected chi connectivity index (χ2v) is 4.02. The normalized spacial score (nSPS) is 11.1. The van der Waals surface area contributed by atoms with Gasteiger partial charge in [-0.1, -0.05) is 0 Å². The molecule has 1 rings (SSSR count). The highest BCUT2D eigenvalue weighted by Crippen LogP contribution is 2.23. The van der Waals surface area contributed by atoms with Crippen LogP contribution in [0.15, 0.2) is 23.9 Å². The topological polar surface area (TPSA) is 59.2 Å². The monoisotopic (exact) mass is 311 g/mol. The molecule has 0 aliphatic heterocycles. The lowest BCUT2D eigenvalue weighted by Gasteiger charge is -2.07. The molecule has 0 saturated heterocycles. The van der Waals surface area contributed by atoms with Gasteiger partial charge in [0.1, 0.15) is 5.69 Å². The van der Waals surface area contributed by atoms with Gasteiger partial charge < -0.3 is 9.72 Å². The van der Waals surface area contributed by atoms with Crippen molar-refractivity contribution < 1.29 is 36.3 Å². The van der Waals surface area contributed by atoms with E-state index in [-0.39, 0.29) is 12.0 Å². The molecule has 0 atom stereocenters. The molecular weight excluding hydrogens is 301 g/mol. The highest BCUT2D eigenvalue weighted by atomic mass is 19.4. The Bertz CT molecular complexity index is 570. The summed E-state index contributed by atoms with van der Waals surface area (Å²) >= 11 is 0. The van der Waals surface area contributed by atoms with Crippen LogP contribution >= 0.6 is 0 Å². The maximum absolute atomic E-state index is 12.3. The maximum Gasteiger partial charge on any atom is 0.454 e. The summed E-state index contributed by atoms with van der Waals surface area (Å²) in [6.07, 6.45) is -6.34. The van der Waals surface area contributed by atoms with E-state index >= 15 is 0 Å². The molecule has 0 fully saturated rings. The van der Waals surface area contributed by atoms with Crippen molar-refractivity contribution >= 4 is 11.8 Å². The van der Waals surface area contributed by atoms with Gasteiger partial charge in [-0.15, -0.1) is 0 Å². The largest absolute Gasteiger partial charge is 0.461 e. The number of esters is 1. The lowest BCUT2D eigenvalue weighted by Crippen LogP contribution is -2.24. The number of hydrogen-bond donors (Lipinski definition) is 1. The maximum atomic E-state index is 12.3. The van der Waals surface area contributed by atoms with Gasteiger partial charge in [-0.2, -0.15) is 22.0 Å². The fourth-order valence-corrected chi connectivity index (χ4v) is 1.34. The van der Waals surface area contributed by atoms with E-state index in [1.807, 2.05) is 0 Å². The molecular formula is C12H10F5NO3. The Morgan fingerprint density at radius 2 is 1.90 bits per heavy atom. The van der Waals surface area contributed by atoms with Gasteiger partial charge in [0.2, 0.25) is 0 Å². The van der Waals surface area contributed by atoms with Crippen molar-refractivity contribution in [2.75, 3.05) is 6.61 Å². The number of ketones is 1. The minimum Gasteiger partial charge on any atom is -0.461 e. The molecule has 0 bridgehead atoms. The van der Waals surface area contributed by atoms with Crippen LogP contribution in [0.1, 0.15) is 34.2 Å². The van der Waals surface area contributed by atoms with Gasteiger partial charge in [-0.05, 0) is 18.6 Å². The lowest BCUT2D eigenvalue weighted by atomic mass is 10.1. The number of alkyl halides is 3. The van der Waals surface area contributed by atoms with Crippen molar-refractivity contribution in [2.24, 2.45) is 0 Å². The fourth-order valence-electron chi connectivity index (χ4n) is 1.34. The molecule has 116 valence electrons. The standard InChI is InChI=1S/C12H10F5NO3/c1-6(10(13)14)3-5-21-11(20)8-7(2-4-18-8)9(19)12(15,16)17/h2,4,18H,3,5H2,1H3. The number of H-pyrrole nitrogens is 1. The van der Waals surface area contributed by atoms with Gasteiger partial charge in [-0.3, -0.25) is 4.79 Å². The Kier molecular flexibility index (Phi) is 5.23. The zero-order chi connectivity index (χ0) is 16.2. The molecule has 0 unspecified atom stereocenters. The Hall–Kier alpha value is -2.19. The molecule has 0 saturated carbocycles. The first-order valence-electron chi connectivity index (χ1n) is 5.61. The van der Waals surface area contributed by atoms with E-state index in [1.54, 1.807) is 0 Å². The highest BCUT2D eigenvalue weighted by Gasteiger charge is 2.41. The molecule has 0 aliphatic carbocycles. The van der Waals surface area contributed by atoms with Crippen LogP contribution < -0.4 is 0 Å². The third-order valence-electron chi connectivity index (χ3n) is 2.49. The summed E-state index contributed by atoms with van der Waals surface area (Å²) in [4.78, 5) is 24.8. The van der Waals surface area contributed by atoms with E-state index in [4.69, 9.17) is 0 Å². The number of Topliss-reactive ketones (excluding diaryl/α,β-unsaturated/α-hetero) is 1. The Morgan fingerprint density at radius 3 is 2.43 bits per heavy atom. The molecule has 1 aromatic rings. The highest BCUT2D eigenvalue weighted by molar-refractivity contribution is 6.07.